The van der Waals surface area contributed by atoms with E-state index in [1.165, 1.54) is 16.6 Å². The highest BCUT2D eigenvalue weighted by atomic mass is 32.2. The Labute approximate surface area is 113 Å². The van der Waals surface area contributed by atoms with Gasteiger partial charge in [-0.1, -0.05) is 25.5 Å². The summed E-state index contributed by atoms with van der Waals surface area (Å²) < 4.78 is 2.84. The zero-order valence-electron chi connectivity index (χ0n) is 10.9. The molecule has 0 spiro atoms. The minimum absolute atomic E-state index is 0.128. The third-order valence-electron chi connectivity index (χ3n) is 2.56. The van der Waals surface area contributed by atoms with Crippen LogP contribution in [0.15, 0.2) is 11.0 Å². The van der Waals surface area contributed by atoms with Crippen LogP contribution in [-0.2, 0) is 0 Å². The predicted octanol–water partition coefficient (Wildman–Crippen LogP) is 0.850. The van der Waals surface area contributed by atoms with E-state index in [0.717, 1.165) is 0 Å². The Bertz CT molecular complexity index is 610. The normalized spacial score (nSPS) is 14.7. The number of allylic oxidation sites excluding steroid dienone is 1. The molecule has 10 heteroatoms. The molecule has 9 nitrogen and oxygen atoms in total. The molecule has 104 valence electrons. The van der Waals surface area contributed by atoms with Crippen LogP contribution in [0.5, 0.6) is 0 Å². The van der Waals surface area contributed by atoms with E-state index in [1.54, 1.807) is 10.6 Å². The smallest absolute Gasteiger partial charge is 0.339 e. The topological polar surface area (TPSA) is 98.2 Å². The summed E-state index contributed by atoms with van der Waals surface area (Å²) in [5.41, 5.74) is 2.09. The van der Waals surface area contributed by atoms with Crippen LogP contribution in [0.25, 0.3) is 5.70 Å². The average Bonchev–Trinajstić information content (AvgIpc) is 2.61. The number of fused-ring (bicyclic) bond motifs is 1. The Kier molecular flexibility index (Phi) is 3.04. The Morgan fingerprint density at radius 1 is 1.47 bits per heavy atom. The fourth-order valence-corrected chi connectivity index (χ4v) is 2.07. The molecule has 1 aromatic heterocycles. The van der Waals surface area contributed by atoms with Gasteiger partial charge in [0.2, 0.25) is 0 Å². The maximum absolute atomic E-state index is 11.6. The molecule has 0 fully saturated rings. The van der Waals surface area contributed by atoms with Crippen molar-refractivity contribution in [2.45, 2.75) is 20.8 Å². The lowest BCUT2D eigenvalue weighted by molar-refractivity contribution is -0.559. The third-order valence-corrected chi connectivity index (χ3v) is 3.15. The number of hydrogen-bond donors (Lipinski definition) is 1. The number of anilines is 1. The molecule has 0 saturated heterocycles. The van der Waals surface area contributed by atoms with Crippen molar-refractivity contribution >= 4 is 23.6 Å². The van der Waals surface area contributed by atoms with E-state index in [9.17, 15) is 14.9 Å². The summed E-state index contributed by atoms with van der Waals surface area (Å²) in [6.07, 6.45) is 3.54. The molecule has 0 bridgehead atoms. The summed E-state index contributed by atoms with van der Waals surface area (Å²) in [5, 5.41) is 10.2. The van der Waals surface area contributed by atoms with E-state index >= 15 is 0 Å². The van der Waals surface area contributed by atoms with Gasteiger partial charge in [-0.25, -0.2) is 14.6 Å². The standard InChI is InChI=1S/C9H14N6O3S/c1-9(2,3)6-5-12(19-4)11-7-10-8(16)14(13(6)7)15(17)18/h5H,1-4H3,(H,10,11,16). The van der Waals surface area contributed by atoms with Gasteiger partial charge in [0.15, 0.2) is 5.70 Å². The Hall–Kier alpha value is -1.97. The Morgan fingerprint density at radius 2 is 2.11 bits per heavy atom. The Balaban J connectivity index is 2.71. The molecule has 1 aromatic rings. The SMILES string of the molecule is CSN1C=C(C(C)(C)C)n2c(nc(=O)n2[N+](=O)[O-])N1. The molecule has 0 radical (unpaired) electrons. The quantitative estimate of drug-likeness (QED) is 0.489. The third kappa shape index (κ3) is 2.18. The van der Waals surface area contributed by atoms with Gasteiger partial charge in [0, 0.05) is 11.7 Å². The maximum atomic E-state index is 11.6. The van der Waals surface area contributed by atoms with E-state index < -0.39 is 16.1 Å². The molecule has 0 amide bonds. The van der Waals surface area contributed by atoms with Gasteiger partial charge in [0.25, 0.3) is 0 Å². The summed E-state index contributed by atoms with van der Waals surface area (Å²) in [4.78, 5) is 26.7. The minimum Gasteiger partial charge on any atom is -0.339 e. The van der Waals surface area contributed by atoms with E-state index in [1.807, 2.05) is 27.0 Å². The first-order valence-electron chi connectivity index (χ1n) is 5.45. The first-order valence-corrected chi connectivity index (χ1v) is 6.63. The van der Waals surface area contributed by atoms with Crippen molar-refractivity contribution < 1.29 is 5.03 Å². The number of nitro groups is 1. The second-order valence-corrected chi connectivity index (χ2v) is 5.70. The van der Waals surface area contributed by atoms with Crippen molar-refractivity contribution in [2.75, 3.05) is 11.7 Å². The van der Waals surface area contributed by atoms with Gasteiger partial charge >= 0.3 is 11.6 Å². The van der Waals surface area contributed by atoms with Crippen molar-refractivity contribution in [2.24, 2.45) is 5.41 Å². The van der Waals surface area contributed by atoms with Crippen LogP contribution in [0.4, 0.5) is 5.95 Å². The summed E-state index contributed by atoms with van der Waals surface area (Å²) in [5.74, 6) is 0.128. The van der Waals surface area contributed by atoms with Gasteiger partial charge in [-0.05, 0) is 11.9 Å². The number of hydrogen-bond acceptors (Lipinski definition) is 7. The zero-order valence-corrected chi connectivity index (χ0v) is 11.8. The summed E-state index contributed by atoms with van der Waals surface area (Å²) in [6, 6.07) is 0. The Morgan fingerprint density at radius 3 is 2.58 bits per heavy atom. The molecule has 1 aliphatic rings. The first-order chi connectivity index (χ1) is 8.75. The lowest BCUT2D eigenvalue weighted by atomic mass is 9.92. The van der Waals surface area contributed by atoms with Crippen LogP contribution >= 0.6 is 11.9 Å². The number of aromatic nitrogens is 3. The first kappa shape index (κ1) is 13.5. The lowest BCUT2D eigenvalue weighted by Gasteiger charge is -2.28. The van der Waals surface area contributed by atoms with Gasteiger partial charge < -0.3 is 10.1 Å². The molecule has 0 aromatic carbocycles. The van der Waals surface area contributed by atoms with E-state index in [4.69, 9.17) is 0 Å². The van der Waals surface area contributed by atoms with Crippen molar-refractivity contribution in [1.29, 1.82) is 0 Å². The van der Waals surface area contributed by atoms with Gasteiger partial charge in [-0.2, -0.15) is 0 Å². The monoisotopic (exact) mass is 286 g/mol. The summed E-state index contributed by atoms with van der Waals surface area (Å²) in [7, 11) is 0. The van der Waals surface area contributed by atoms with Gasteiger partial charge in [-0.3, -0.25) is 0 Å². The predicted molar refractivity (Wildman–Crippen MR) is 71.6 cm³/mol. The van der Waals surface area contributed by atoms with Crippen LogP contribution in [0.3, 0.4) is 0 Å². The van der Waals surface area contributed by atoms with Crippen molar-refractivity contribution in [3.8, 4) is 0 Å². The lowest BCUT2D eigenvalue weighted by Crippen LogP contribution is -2.35. The highest BCUT2D eigenvalue weighted by molar-refractivity contribution is 7.96. The number of nitrogens with zero attached hydrogens (tertiary/aromatic N) is 5. The molecular weight excluding hydrogens is 272 g/mol. The molecule has 0 aliphatic carbocycles. The molecule has 2 rings (SSSR count). The van der Waals surface area contributed by atoms with E-state index in [0.29, 0.717) is 10.5 Å². The van der Waals surface area contributed by atoms with Crippen molar-refractivity contribution in [3.05, 3.63) is 26.8 Å². The zero-order chi connectivity index (χ0) is 14.4. The molecule has 2 heterocycles. The molecular formula is C9H14N6O3S. The molecule has 1 aliphatic heterocycles. The average molecular weight is 286 g/mol. The minimum atomic E-state index is -0.925. The van der Waals surface area contributed by atoms with E-state index in [-0.39, 0.29) is 5.95 Å². The molecule has 19 heavy (non-hydrogen) atoms. The summed E-state index contributed by atoms with van der Waals surface area (Å²) in [6.45, 7) is 5.71. The van der Waals surface area contributed by atoms with Crippen LogP contribution in [0, 0.1) is 15.5 Å². The maximum Gasteiger partial charge on any atom is 0.429 e. The van der Waals surface area contributed by atoms with Gasteiger partial charge in [0.1, 0.15) is 0 Å². The van der Waals surface area contributed by atoms with Crippen LogP contribution in [0.1, 0.15) is 20.8 Å². The highest BCUT2D eigenvalue weighted by Gasteiger charge is 2.37. The van der Waals surface area contributed by atoms with E-state index in [2.05, 4.69) is 10.4 Å². The molecule has 0 unspecified atom stereocenters. The molecule has 0 atom stereocenters. The second kappa shape index (κ2) is 4.30. The number of rotatable bonds is 2. The van der Waals surface area contributed by atoms with Gasteiger partial charge in [0.05, 0.1) is 16.0 Å². The molecule has 0 saturated carbocycles. The fourth-order valence-electron chi connectivity index (χ4n) is 1.70. The van der Waals surface area contributed by atoms with Crippen LogP contribution < -0.4 is 11.1 Å². The van der Waals surface area contributed by atoms with Crippen molar-refractivity contribution in [1.82, 2.24) is 18.9 Å². The second-order valence-electron chi connectivity index (χ2n) is 4.94. The van der Waals surface area contributed by atoms with Crippen LogP contribution in [0.2, 0.25) is 0 Å². The largest absolute Gasteiger partial charge is 0.429 e. The van der Waals surface area contributed by atoms with Gasteiger partial charge in [-0.15, -0.1) is 4.98 Å². The fraction of sp³-hybridized carbons (Fsp3) is 0.556. The highest BCUT2D eigenvalue weighted by Crippen LogP contribution is 2.34. The molecule has 1 N–H and O–H groups in total. The summed E-state index contributed by atoms with van der Waals surface area (Å²) >= 11 is 1.36. The number of hydrazine groups is 1. The van der Waals surface area contributed by atoms with Crippen molar-refractivity contribution in [3.63, 3.8) is 0 Å². The van der Waals surface area contributed by atoms with Crippen LogP contribution in [-0.4, -0.2) is 30.2 Å². The number of nitrogens with one attached hydrogen (secondary N) is 1.